The first-order valence-electron chi connectivity index (χ1n) is 9.11. The predicted octanol–water partition coefficient (Wildman–Crippen LogP) is 2.52. The normalized spacial score (nSPS) is 15.5. The fourth-order valence-electron chi connectivity index (χ4n) is 3.18. The van der Waals surface area contributed by atoms with Crippen LogP contribution in [0.5, 0.6) is 0 Å². The van der Waals surface area contributed by atoms with Crippen LogP contribution in [-0.2, 0) is 4.79 Å². The summed E-state index contributed by atoms with van der Waals surface area (Å²) in [5.41, 5.74) is 1.92. The Balaban J connectivity index is 1.79. The number of rotatable bonds is 7. The molecule has 0 spiro atoms. The summed E-state index contributed by atoms with van der Waals surface area (Å²) in [6.45, 7) is 5.22. The lowest BCUT2D eigenvalue weighted by Crippen LogP contribution is -2.38. The van der Waals surface area contributed by atoms with Gasteiger partial charge in [-0.05, 0) is 64.0 Å². The van der Waals surface area contributed by atoms with Crippen LogP contribution < -0.4 is 4.90 Å². The lowest BCUT2D eigenvalue weighted by molar-refractivity contribution is -0.131. The lowest BCUT2D eigenvalue weighted by Gasteiger charge is -2.34. The topological polar surface area (TPSA) is 43.9 Å². The molecule has 5 nitrogen and oxygen atoms in total. The molecule has 0 bridgehead atoms. The largest absolute Gasteiger partial charge is 0.372 e. The smallest absolute Gasteiger partial charge is 0.222 e. The van der Waals surface area contributed by atoms with Crippen LogP contribution in [0.15, 0.2) is 24.3 Å². The van der Waals surface area contributed by atoms with Crippen LogP contribution in [0, 0.1) is 5.92 Å². The quantitative estimate of drug-likeness (QED) is 0.712. The number of Topliss-reactive ketones (excluding diaryl/α,β-unsaturated/α-hetero) is 1. The first-order valence-corrected chi connectivity index (χ1v) is 9.11. The molecule has 25 heavy (non-hydrogen) atoms. The molecule has 1 aromatic rings. The second kappa shape index (κ2) is 8.99. The van der Waals surface area contributed by atoms with Gasteiger partial charge in [0.1, 0.15) is 0 Å². The van der Waals surface area contributed by atoms with E-state index in [0.29, 0.717) is 12.3 Å². The fourth-order valence-corrected chi connectivity index (χ4v) is 3.18. The Morgan fingerprint density at radius 2 is 1.64 bits per heavy atom. The van der Waals surface area contributed by atoms with Crippen molar-refractivity contribution in [2.75, 3.05) is 52.2 Å². The summed E-state index contributed by atoms with van der Waals surface area (Å²) in [5, 5.41) is 0. The average Bonchev–Trinajstić information content (AvgIpc) is 2.60. The lowest BCUT2D eigenvalue weighted by atomic mass is 9.92. The van der Waals surface area contributed by atoms with Crippen LogP contribution in [0.25, 0.3) is 0 Å². The summed E-state index contributed by atoms with van der Waals surface area (Å²) < 4.78 is 0. The molecule has 1 aromatic carbocycles. The van der Waals surface area contributed by atoms with Crippen molar-refractivity contribution in [3.8, 4) is 0 Å². The molecule has 1 aliphatic heterocycles. The van der Waals surface area contributed by atoms with Gasteiger partial charge < -0.3 is 14.7 Å². The predicted molar refractivity (Wildman–Crippen MR) is 102 cm³/mol. The molecule has 2 rings (SSSR count). The van der Waals surface area contributed by atoms with E-state index in [4.69, 9.17) is 0 Å². The minimum Gasteiger partial charge on any atom is -0.372 e. The third-order valence-electron chi connectivity index (χ3n) is 5.03. The van der Waals surface area contributed by atoms with Crippen molar-refractivity contribution in [1.29, 1.82) is 0 Å². The minimum absolute atomic E-state index is 0.0992. The van der Waals surface area contributed by atoms with E-state index in [9.17, 15) is 9.59 Å². The van der Waals surface area contributed by atoms with Crippen LogP contribution in [0.3, 0.4) is 0 Å². The number of anilines is 1. The maximum Gasteiger partial charge on any atom is 0.222 e. The number of ketones is 1. The number of piperidine rings is 1. The van der Waals surface area contributed by atoms with Gasteiger partial charge in [-0.25, -0.2) is 0 Å². The number of benzene rings is 1. The molecule has 138 valence electrons. The minimum atomic E-state index is 0.0992. The van der Waals surface area contributed by atoms with Crippen molar-refractivity contribution in [2.45, 2.75) is 26.2 Å². The van der Waals surface area contributed by atoms with Crippen molar-refractivity contribution in [3.05, 3.63) is 29.8 Å². The highest BCUT2D eigenvalue weighted by Gasteiger charge is 2.23. The van der Waals surface area contributed by atoms with Crippen molar-refractivity contribution >= 4 is 17.4 Å². The third kappa shape index (κ3) is 5.85. The molecule has 1 heterocycles. The van der Waals surface area contributed by atoms with Crippen LogP contribution in [0.4, 0.5) is 5.69 Å². The number of nitrogens with zero attached hydrogens (tertiary/aromatic N) is 3. The second-order valence-electron chi connectivity index (χ2n) is 7.36. The molecule has 5 heteroatoms. The molecular formula is C20H31N3O2. The number of hydrogen-bond donors (Lipinski definition) is 0. The molecule has 0 N–H and O–H groups in total. The van der Waals surface area contributed by atoms with Crippen LogP contribution in [0.1, 0.15) is 36.5 Å². The Labute approximate surface area is 151 Å². The zero-order valence-electron chi connectivity index (χ0n) is 16.0. The molecule has 1 saturated heterocycles. The van der Waals surface area contributed by atoms with E-state index in [2.05, 4.69) is 9.80 Å². The van der Waals surface area contributed by atoms with Gasteiger partial charge in [-0.15, -0.1) is 0 Å². The standard InChI is InChI=1S/C20H31N3O2/c1-16(24)18-5-7-19(8-6-18)23-11-9-17(10-12-23)15-20(25)22(4)14-13-21(2)3/h5-8,17H,9-15H2,1-4H3. The Kier molecular flexibility index (Phi) is 7.00. The summed E-state index contributed by atoms with van der Waals surface area (Å²) in [6.07, 6.45) is 2.74. The second-order valence-corrected chi connectivity index (χ2v) is 7.36. The summed E-state index contributed by atoms with van der Waals surface area (Å²) in [6, 6.07) is 7.84. The number of likely N-dealkylation sites (N-methyl/N-ethyl adjacent to an activating group) is 2. The molecular weight excluding hydrogens is 314 g/mol. The molecule has 0 aliphatic carbocycles. The van der Waals surface area contributed by atoms with E-state index >= 15 is 0 Å². The number of carbonyl (C=O) groups is 2. The molecule has 1 fully saturated rings. The first-order chi connectivity index (χ1) is 11.9. The van der Waals surface area contributed by atoms with E-state index in [1.807, 2.05) is 50.3 Å². The van der Waals surface area contributed by atoms with Gasteiger partial charge in [-0.3, -0.25) is 9.59 Å². The Morgan fingerprint density at radius 1 is 1.04 bits per heavy atom. The van der Waals surface area contributed by atoms with Gasteiger partial charge in [0.2, 0.25) is 5.91 Å². The highest BCUT2D eigenvalue weighted by atomic mass is 16.2. The van der Waals surface area contributed by atoms with E-state index in [-0.39, 0.29) is 11.7 Å². The fraction of sp³-hybridized carbons (Fsp3) is 0.600. The zero-order chi connectivity index (χ0) is 18.4. The Morgan fingerprint density at radius 3 is 2.16 bits per heavy atom. The van der Waals surface area contributed by atoms with E-state index < -0.39 is 0 Å². The summed E-state index contributed by atoms with van der Waals surface area (Å²) in [4.78, 5) is 30.0. The van der Waals surface area contributed by atoms with Gasteiger partial charge in [0.15, 0.2) is 5.78 Å². The van der Waals surface area contributed by atoms with Crippen LogP contribution >= 0.6 is 0 Å². The van der Waals surface area contributed by atoms with Gasteiger partial charge in [-0.1, -0.05) is 0 Å². The van der Waals surface area contributed by atoms with Crippen molar-refractivity contribution in [1.82, 2.24) is 9.80 Å². The average molecular weight is 345 g/mol. The highest BCUT2D eigenvalue weighted by Crippen LogP contribution is 2.26. The van der Waals surface area contributed by atoms with E-state index in [1.54, 1.807) is 6.92 Å². The van der Waals surface area contributed by atoms with Crippen molar-refractivity contribution in [3.63, 3.8) is 0 Å². The Bertz CT molecular complexity index is 575. The van der Waals surface area contributed by atoms with Crippen LogP contribution in [-0.4, -0.2) is 68.8 Å². The van der Waals surface area contributed by atoms with Crippen molar-refractivity contribution < 1.29 is 9.59 Å². The van der Waals surface area contributed by atoms with E-state index in [0.717, 1.165) is 50.3 Å². The number of hydrogen-bond acceptors (Lipinski definition) is 4. The Hall–Kier alpha value is -1.88. The molecule has 0 radical (unpaired) electrons. The summed E-state index contributed by atoms with van der Waals surface area (Å²) in [5.74, 6) is 0.829. The number of carbonyl (C=O) groups excluding carboxylic acids is 2. The molecule has 0 atom stereocenters. The maximum atomic E-state index is 12.3. The summed E-state index contributed by atoms with van der Waals surface area (Å²) in [7, 11) is 5.95. The third-order valence-corrected chi connectivity index (χ3v) is 5.03. The SMILES string of the molecule is CC(=O)c1ccc(N2CCC(CC(=O)N(C)CCN(C)C)CC2)cc1. The van der Waals surface area contributed by atoms with Gasteiger partial charge in [0, 0.05) is 50.9 Å². The molecule has 0 aromatic heterocycles. The zero-order valence-corrected chi connectivity index (χ0v) is 16.0. The molecule has 1 aliphatic rings. The highest BCUT2D eigenvalue weighted by molar-refractivity contribution is 5.94. The summed E-state index contributed by atoms with van der Waals surface area (Å²) >= 11 is 0. The van der Waals surface area contributed by atoms with Crippen LogP contribution in [0.2, 0.25) is 0 Å². The first kappa shape index (κ1) is 19.4. The number of amides is 1. The van der Waals surface area contributed by atoms with Gasteiger partial charge >= 0.3 is 0 Å². The molecule has 0 saturated carbocycles. The monoisotopic (exact) mass is 345 g/mol. The molecule has 0 unspecified atom stereocenters. The van der Waals surface area contributed by atoms with E-state index in [1.165, 1.54) is 0 Å². The maximum absolute atomic E-state index is 12.3. The van der Waals surface area contributed by atoms with Gasteiger partial charge in [-0.2, -0.15) is 0 Å². The molecule has 1 amide bonds. The van der Waals surface area contributed by atoms with Crippen molar-refractivity contribution in [2.24, 2.45) is 5.92 Å². The van der Waals surface area contributed by atoms with Gasteiger partial charge in [0.25, 0.3) is 0 Å². The van der Waals surface area contributed by atoms with Gasteiger partial charge in [0.05, 0.1) is 0 Å².